The topological polar surface area (TPSA) is 115 Å². The van der Waals surface area contributed by atoms with Gasteiger partial charge < -0.3 is 5.11 Å². The summed E-state index contributed by atoms with van der Waals surface area (Å²) in [6.45, 7) is 1.33. The molecular formula is C8H7NO6S. The lowest BCUT2D eigenvalue weighted by molar-refractivity contribution is -0.385. The molecule has 1 aromatic rings. The first kappa shape index (κ1) is 12.1. The highest BCUT2D eigenvalue weighted by Crippen LogP contribution is 2.22. The van der Waals surface area contributed by atoms with Crippen LogP contribution in [0.1, 0.15) is 5.56 Å². The van der Waals surface area contributed by atoms with Crippen molar-refractivity contribution in [2.45, 2.75) is 11.8 Å². The zero-order valence-corrected chi connectivity index (χ0v) is 8.89. The van der Waals surface area contributed by atoms with Crippen LogP contribution in [0.4, 0.5) is 10.5 Å². The number of nitrogens with zero attached hydrogens (tertiary/aromatic N) is 1. The standard InChI is InChI=1S/C8H7NO6S/c1-5-4-6(16(14,15)8(10)11)2-3-7(5)9(12)13/h2-4H,1H3,(H,10,11). The van der Waals surface area contributed by atoms with Crippen LogP contribution in [-0.2, 0) is 9.84 Å². The van der Waals surface area contributed by atoms with Crippen molar-refractivity contribution in [1.29, 1.82) is 0 Å². The van der Waals surface area contributed by atoms with Crippen molar-refractivity contribution in [1.82, 2.24) is 0 Å². The third kappa shape index (κ3) is 2.01. The number of aryl methyl sites for hydroxylation is 1. The predicted octanol–water partition coefficient (Wildman–Crippen LogP) is 1.35. The summed E-state index contributed by atoms with van der Waals surface area (Å²) in [4.78, 5) is 19.7. The lowest BCUT2D eigenvalue weighted by Gasteiger charge is -2.01. The number of carbonyl (C=O) groups is 1. The third-order valence-electron chi connectivity index (χ3n) is 1.91. The molecule has 0 aliphatic heterocycles. The molecule has 0 atom stereocenters. The van der Waals surface area contributed by atoms with Crippen molar-refractivity contribution in [3.05, 3.63) is 33.9 Å². The molecule has 0 unspecified atom stereocenters. The Morgan fingerprint density at radius 3 is 2.38 bits per heavy atom. The molecule has 7 nitrogen and oxygen atoms in total. The Morgan fingerprint density at radius 2 is 2.00 bits per heavy atom. The lowest BCUT2D eigenvalue weighted by atomic mass is 10.2. The Hall–Kier alpha value is -1.96. The molecule has 0 fully saturated rings. The molecule has 8 heteroatoms. The van der Waals surface area contributed by atoms with E-state index in [1.54, 1.807) is 0 Å². The maximum atomic E-state index is 11.2. The van der Waals surface area contributed by atoms with E-state index in [1.807, 2.05) is 0 Å². The van der Waals surface area contributed by atoms with Gasteiger partial charge in [0.05, 0.1) is 9.82 Å². The Kier molecular flexibility index (Phi) is 2.95. The molecule has 0 bridgehead atoms. The van der Waals surface area contributed by atoms with Crippen LogP contribution in [0.5, 0.6) is 0 Å². The Morgan fingerprint density at radius 1 is 1.44 bits per heavy atom. The fourth-order valence-corrected chi connectivity index (χ4v) is 1.88. The summed E-state index contributed by atoms with van der Waals surface area (Å²) in [6, 6.07) is 2.82. The summed E-state index contributed by atoms with van der Waals surface area (Å²) in [5, 5.41) is 16.9. The Balaban J connectivity index is 3.38. The van der Waals surface area contributed by atoms with Gasteiger partial charge in [-0.1, -0.05) is 0 Å². The number of nitro groups is 1. The van der Waals surface area contributed by atoms with Crippen molar-refractivity contribution in [2.75, 3.05) is 0 Å². The van der Waals surface area contributed by atoms with Crippen LogP contribution in [0.2, 0.25) is 0 Å². The Bertz CT molecular complexity index is 562. The first-order valence-corrected chi connectivity index (χ1v) is 5.48. The zero-order valence-electron chi connectivity index (χ0n) is 8.08. The van der Waals surface area contributed by atoms with E-state index >= 15 is 0 Å². The van der Waals surface area contributed by atoms with Crippen LogP contribution >= 0.6 is 0 Å². The van der Waals surface area contributed by atoms with Crippen LogP contribution in [-0.4, -0.2) is 23.7 Å². The number of nitro benzene ring substituents is 1. The van der Waals surface area contributed by atoms with Gasteiger partial charge in [-0.05, 0) is 19.1 Å². The van der Waals surface area contributed by atoms with E-state index in [0.29, 0.717) is 0 Å². The van der Waals surface area contributed by atoms with Gasteiger partial charge in [0, 0.05) is 11.6 Å². The van der Waals surface area contributed by atoms with Crippen LogP contribution in [0.25, 0.3) is 0 Å². The van der Waals surface area contributed by atoms with E-state index in [9.17, 15) is 23.3 Å². The summed E-state index contributed by atoms with van der Waals surface area (Å²) in [7, 11) is -4.45. The number of rotatable bonds is 2. The minimum absolute atomic E-state index is 0.0901. The average Bonchev–Trinajstić information content (AvgIpc) is 2.16. The van der Waals surface area contributed by atoms with Gasteiger partial charge >= 0.3 is 5.30 Å². The molecule has 1 rings (SSSR count). The molecule has 0 aliphatic rings. The van der Waals surface area contributed by atoms with Crippen LogP contribution in [0, 0.1) is 17.0 Å². The normalized spacial score (nSPS) is 11.1. The molecule has 0 amide bonds. The monoisotopic (exact) mass is 245 g/mol. The molecule has 1 aromatic carbocycles. The van der Waals surface area contributed by atoms with Gasteiger partial charge in [-0.25, -0.2) is 13.2 Å². The maximum absolute atomic E-state index is 11.2. The molecule has 0 aliphatic carbocycles. The molecule has 0 spiro atoms. The molecule has 0 aromatic heterocycles. The quantitative estimate of drug-likeness (QED) is 0.621. The van der Waals surface area contributed by atoms with Gasteiger partial charge in [0.25, 0.3) is 15.5 Å². The van der Waals surface area contributed by atoms with Crippen molar-refractivity contribution in [2.24, 2.45) is 0 Å². The average molecular weight is 245 g/mol. The van der Waals surface area contributed by atoms with Gasteiger partial charge in [-0.2, -0.15) is 0 Å². The van der Waals surface area contributed by atoms with E-state index in [2.05, 4.69) is 0 Å². The van der Waals surface area contributed by atoms with Gasteiger partial charge in [0.2, 0.25) is 0 Å². The Labute approximate surface area is 90.4 Å². The predicted molar refractivity (Wildman–Crippen MR) is 53.0 cm³/mol. The van der Waals surface area contributed by atoms with E-state index in [1.165, 1.54) is 6.92 Å². The van der Waals surface area contributed by atoms with Crippen LogP contribution in [0.15, 0.2) is 23.1 Å². The fraction of sp³-hybridized carbons (Fsp3) is 0.125. The van der Waals surface area contributed by atoms with Crippen LogP contribution in [0.3, 0.4) is 0 Å². The van der Waals surface area contributed by atoms with E-state index in [0.717, 1.165) is 18.2 Å². The molecule has 0 saturated heterocycles. The smallest absolute Gasteiger partial charge is 0.427 e. The highest BCUT2D eigenvalue weighted by molar-refractivity contribution is 8.05. The number of carboxylic acid groups (broad SMARTS) is 1. The van der Waals surface area contributed by atoms with E-state index in [-0.39, 0.29) is 11.3 Å². The summed E-state index contributed by atoms with van der Waals surface area (Å²) in [5.41, 5.74) is -0.170. The largest absolute Gasteiger partial charge is 0.469 e. The molecule has 1 N–H and O–H groups in total. The molecule has 86 valence electrons. The van der Waals surface area contributed by atoms with E-state index in [4.69, 9.17) is 5.11 Å². The highest BCUT2D eigenvalue weighted by Gasteiger charge is 2.25. The maximum Gasteiger partial charge on any atom is 0.427 e. The highest BCUT2D eigenvalue weighted by atomic mass is 32.2. The first-order chi connectivity index (χ1) is 7.26. The molecule has 0 saturated carbocycles. The lowest BCUT2D eigenvalue weighted by Crippen LogP contribution is -2.12. The van der Waals surface area contributed by atoms with Gasteiger partial charge in [-0.15, -0.1) is 0 Å². The van der Waals surface area contributed by atoms with Crippen LogP contribution < -0.4 is 0 Å². The van der Waals surface area contributed by atoms with Gasteiger partial charge in [0.1, 0.15) is 0 Å². The minimum atomic E-state index is -4.45. The number of sulfone groups is 1. The van der Waals surface area contributed by atoms with Gasteiger partial charge in [0.15, 0.2) is 0 Å². The number of benzene rings is 1. The summed E-state index contributed by atoms with van der Waals surface area (Å²) in [5.74, 6) is 0. The molecule has 0 radical (unpaired) electrons. The van der Waals surface area contributed by atoms with Crippen molar-refractivity contribution in [3.63, 3.8) is 0 Å². The summed E-state index contributed by atoms with van der Waals surface area (Å²) in [6.07, 6.45) is 0. The number of hydrogen-bond donors (Lipinski definition) is 1. The fourth-order valence-electron chi connectivity index (χ4n) is 1.10. The van der Waals surface area contributed by atoms with Crippen molar-refractivity contribution in [3.8, 4) is 0 Å². The van der Waals surface area contributed by atoms with Crippen molar-refractivity contribution >= 4 is 20.8 Å². The van der Waals surface area contributed by atoms with Crippen molar-refractivity contribution < 1.29 is 23.2 Å². The second-order valence-corrected chi connectivity index (χ2v) is 4.80. The third-order valence-corrected chi connectivity index (χ3v) is 3.24. The summed E-state index contributed by atoms with van der Waals surface area (Å²) >= 11 is 0. The molecular weight excluding hydrogens is 238 g/mol. The number of hydrogen-bond acceptors (Lipinski definition) is 5. The molecule has 0 heterocycles. The second kappa shape index (κ2) is 3.89. The van der Waals surface area contributed by atoms with E-state index < -0.39 is 25.0 Å². The van der Waals surface area contributed by atoms with Gasteiger partial charge in [-0.3, -0.25) is 10.1 Å². The molecule has 16 heavy (non-hydrogen) atoms. The minimum Gasteiger partial charge on any atom is -0.469 e. The second-order valence-electron chi connectivity index (χ2n) is 2.97. The summed E-state index contributed by atoms with van der Waals surface area (Å²) < 4.78 is 22.4. The SMILES string of the molecule is Cc1cc(S(=O)(=O)C(=O)O)ccc1[N+](=O)[O-]. The zero-order chi connectivity index (χ0) is 12.5. The first-order valence-electron chi connectivity index (χ1n) is 4.00.